The topological polar surface area (TPSA) is 103 Å². The molecule has 0 aliphatic carbocycles. The second-order valence-electron chi connectivity index (χ2n) is 7.95. The second kappa shape index (κ2) is 9.01. The van der Waals surface area contributed by atoms with Gasteiger partial charge in [0.15, 0.2) is 11.6 Å². The minimum atomic E-state index is -2.71. The monoisotopic (exact) mass is 474 g/mol. The van der Waals surface area contributed by atoms with Crippen LogP contribution in [-0.2, 0) is 11.2 Å². The van der Waals surface area contributed by atoms with Crippen LogP contribution >= 0.6 is 0 Å². The third-order valence-electron chi connectivity index (χ3n) is 5.44. The molecule has 35 heavy (non-hydrogen) atoms. The number of anilines is 2. The van der Waals surface area contributed by atoms with Crippen molar-refractivity contribution >= 4 is 28.8 Å². The summed E-state index contributed by atoms with van der Waals surface area (Å²) in [4.78, 5) is 20.4. The molecule has 0 spiro atoms. The van der Waals surface area contributed by atoms with Gasteiger partial charge in [-0.25, -0.2) is 23.4 Å². The number of alkyl halides is 2. The van der Waals surface area contributed by atoms with Crippen LogP contribution in [0.2, 0.25) is 0 Å². The van der Waals surface area contributed by atoms with Gasteiger partial charge in [0.1, 0.15) is 24.1 Å². The van der Waals surface area contributed by atoms with Gasteiger partial charge < -0.3 is 10.1 Å². The lowest BCUT2D eigenvalue weighted by atomic mass is 10.2. The normalized spacial score (nSPS) is 11.3. The molecule has 0 bridgehead atoms. The number of carbonyl (C=O) groups is 1. The summed E-state index contributed by atoms with van der Waals surface area (Å²) in [7, 11) is 0. The molecule has 0 aliphatic rings. The molecule has 176 valence electrons. The minimum Gasteiger partial charge on any atom is -0.339 e. The summed E-state index contributed by atoms with van der Waals surface area (Å²) in [5.74, 6) is 1.41. The number of carbonyl (C=O) groups excluding carboxylic acids is 1. The number of imidazole rings is 1. The fraction of sp³-hybridized carbons (Fsp3) is 0.167. The molecule has 1 N–H and O–H groups in total. The lowest BCUT2D eigenvalue weighted by Gasteiger charge is -2.12. The maximum absolute atomic E-state index is 13.2. The van der Waals surface area contributed by atoms with Crippen LogP contribution in [0.1, 0.15) is 29.1 Å². The molecule has 0 amide bonds. The van der Waals surface area contributed by atoms with E-state index in [0.717, 1.165) is 28.7 Å². The molecule has 0 radical (unpaired) electrons. The van der Waals surface area contributed by atoms with Crippen molar-refractivity contribution in [2.75, 3.05) is 5.32 Å². The molecule has 0 unspecified atom stereocenters. The molecule has 0 atom stereocenters. The average Bonchev–Trinajstić information content (AvgIpc) is 3.44. The van der Waals surface area contributed by atoms with E-state index >= 15 is 0 Å². The van der Waals surface area contributed by atoms with Gasteiger partial charge in [0.2, 0.25) is 0 Å². The largest absolute Gasteiger partial charge is 0.339 e. The minimum absolute atomic E-state index is 0.0717. The SMILES string of the molecule is Cc1ccc(Nc2ccc3ncn(-c4ccc(CC=O)c(-n5nc(C(F)F)cc5C)n4)c3c2)nn1. The smallest absolute Gasteiger partial charge is 0.282 e. The molecule has 0 fully saturated rings. The van der Waals surface area contributed by atoms with E-state index in [1.54, 1.807) is 30.0 Å². The van der Waals surface area contributed by atoms with Crippen molar-refractivity contribution in [2.45, 2.75) is 26.7 Å². The first-order valence-corrected chi connectivity index (χ1v) is 10.8. The summed E-state index contributed by atoms with van der Waals surface area (Å²) in [5, 5.41) is 15.4. The van der Waals surface area contributed by atoms with E-state index in [2.05, 4.69) is 30.6 Å². The van der Waals surface area contributed by atoms with E-state index in [1.165, 1.54) is 10.7 Å². The van der Waals surface area contributed by atoms with Gasteiger partial charge in [-0.3, -0.25) is 4.57 Å². The van der Waals surface area contributed by atoms with Gasteiger partial charge in [-0.15, -0.1) is 5.10 Å². The number of pyridine rings is 1. The highest BCUT2D eigenvalue weighted by molar-refractivity contribution is 5.82. The molecular formula is C24H20F2N8O. The Kier molecular flexibility index (Phi) is 5.73. The number of aldehydes is 1. The Labute approximate surface area is 198 Å². The highest BCUT2D eigenvalue weighted by Gasteiger charge is 2.18. The summed E-state index contributed by atoms with van der Waals surface area (Å²) in [6, 6.07) is 14.1. The summed E-state index contributed by atoms with van der Waals surface area (Å²) >= 11 is 0. The Bertz CT molecular complexity index is 1520. The second-order valence-corrected chi connectivity index (χ2v) is 7.95. The zero-order valence-corrected chi connectivity index (χ0v) is 18.9. The molecule has 0 aliphatic heterocycles. The van der Waals surface area contributed by atoms with E-state index in [4.69, 9.17) is 0 Å². The van der Waals surface area contributed by atoms with Gasteiger partial charge in [-0.2, -0.15) is 10.2 Å². The van der Waals surface area contributed by atoms with Gasteiger partial charge in [0, 0.05) is 23.4 Å². The third-order valence-corrected chi connectivity index (χ3v) is 5.44. The van der Waals surface area contributed by atoms with E-state index in [-0.39, 0.29) is 12.1 Å². The number of aromatic nitrogens is 7. The van der Waals surface area contributed by atoms with Crippen LogP contribution in [0.3, 0.4) is 0 Å². The zero-order valence-electron chi connectivity index (χ0n) is 18.9. The summed E-state index contributed by atoms with van der Waals surface area (Å²) in [6.45, 7) is 3.53. The summed E-state index contributed by atoms with van der Waals surface area (Å²) < 4.78 is 29.6. The predicted molar refractivity (Wildman–Crippen MR) is 126 cm³/mol. The molecule has 0 saturated carbocycles. The standard InChI is InChI=1S/C24H20F2N8O/c1-14-3-7-21(31-30-14)28-17-5-6-18-20(12-17)33(13-27-18)22-8-4-16(9-10-35)24(29-22)34-15(2)11-19(32-34)23(25)26/h3-8,10-13,23H,9H2,1-2H3,(H,28,31). The highest BCUT2D eigenvalue weighted by Crippen LogP contribution is 2.26. The van der Waals surface area contributed by atoms with Crippen LogP contribution < -0.4 is 5.32 Å². The first-order chi connectivity index (χ1) is 16.9. The lowest BCUT2D eigenvalue weighted by molar-refractivity contribution is -0.107. The van der Waals surface area contributed by atoms with Crippen molar-refractivity contribution < 1.29 is 13.6 Å². The van der Waals surface area contributed by atoms with Gasteiger partial charge in [-0.1, -0.05) is 6.07 Å². The van der Waals surface area contributed by atoms with Crippen LogP contribution in [0.4, 0.5) is 20.3 Å². The maximum Gasteiger partial charge on any atom is 0.282 e. The van der Waals surface area contributed by atoms with Crippen LogP contribution in [0.25, 0.3) is 22.7 Å². The summed E-state index contributed by atoms with van der Waals surface area (Å²) in [5.41, 5.74) is 3.80. The molecule has 11 heteroatoms. The van der Waals surface area contributed by atoms with E-state index < -0.39 is 6.43 Å². The number of aryl methyl sites for hydroxylation is 2. The Hall–Kier alpha value is -4.54. The average molecular weight is 474 g/mol. The zero-order chi connectivity index (χ0) is 24.5. The van der Waals surface area contributed by atoms with Crippen LogP contribution in [0.5, 0.6) is 0 Å². The van der Waals surface area contributed by atoms with Crippen molar-refractivity contribution in [3.63, 3.8) is 0 Å². The fourth-order valence-corrected chi connectivity index (χ4v) is 3.73. The Morgan fingerprint density at radius 2 is 1.91 bits per heavy atom. The predicted octanol–water partition coefficient (Wildman–Crippen LogP) is 4.44. The number of hydrogen-bond donors (Lipinski definition) is 1. The molecule has 9 nitrogen and oxygen atoms in total. The van der Waals surface area contributed by atoms with Gasteiger partial charge in [-0.05, 0) is 56.3 Å². The first kappa shape index (κ1) is 22.3. The molecule has 5 aromatic rings. The number of rotatable bonds is 7. The fourth-order valence-electron chi connectivity index (χ4n) is 3.73. The van der Waals surface area contributed by atoms with Crippen LogP contribution in [-0.4, -0.2) is 40.8 Å². The summed E-state index contributed by atoms with van der Waals surface area (Å²) in [6.07, 6.45) is -0.269. The van der Waals surface area contributed by atoms with Gasteiger partial charge in [0.05, 0.1) is 16.7 Å². The van der Waals surface area contributed by atoms with Gasteiger partial charge >= 0.3 is 0 Å². The lowest BCUT2D eigenvalue weighted by Crippen LogP contribution is -2.10. The number of hydrogen-bond acceptors (Lipinski definition) is 7. The molecule has 0 saturated heterocycles. The highest BCUT2D eigenvalue weighted by atomic mass is 19.3. The maximum atomic E-state index is 13.2. The molecule has 5 rings (SSSR count). The third kappa shape index (κ3) is 4.35. The molecule has 4 aromatic heterocycles. The Morgan fingerprint density at radius 1 is 1.06 bits per heavy atom. The number of nitrogens with one attached hydrogen (secondary N) is 1. The van der Waals surface area contributed by atoms with Crippen molar-refractivity contribution in [1.29, 1.82) is 0 Å². The van der Waals surface area contributed by atoms with E-state index in [0.29, 0.717) is 28.7 Å². The van der Waals surface area contributed by atoms with Crippen molar-refractivity contribution in [3.8, 4) is 11.6 Å². The number of halogens is 2. The Morgan fingerprint density at radius 3 is 2.63 bits per heavy atom. The number of fused-ring (bicyclic) bond motifs is 1. The molecule has 1 aromatic carbocycles. The van der Waals surface area contributed by atoms with Crippen molar-refractivity contribution in [3.05, 3.63) is 77.5 Å². The molecular weight excluding hydrogens is 454 g/mol. The van der Waals surface area contributed by atoms with Crippen LogP contribution in [0, 0.1) is 13.8 Å². The van der Waals surface area contributed by atoms with Gasteiger partial charge in [0.25, 0.3) is 6.43 Å². The first-order valence-electron chi connectivity index (χ1n) is 10.8. The Balaban J connectivity index is 1.58. The molecule has 4 heterocycles. The number of benzene rings is 1. The van der Waals surface area contributed by atoms with E-state index in [9.17, 15) is 13.6 Å². The quantitative estimate of drug-likeness (QED) is 0.348. The van der Waals surface area contributed by atoms with E-state index in [1.807, 2.05) is 37.3 Å². The number of nitrogens with zero attached hydrogens (tertiary/aromatic N) is 7. The van der Waals surface area contributed by atoms with Crippen molar-refractivity contribution in [1.82, 2.24) is 34.5 Å². The van der Waals surface area contributed by atoms with Crippen LogP contribution in [0.15, 0.2) is 54.9 Å². The van der Waals surface area contributed by atoms with Crippen molar-refractivity contribution in [2.24, 2.45) is 0 Å².